The van der Waals surface area contributed by atoms with Gasteiger partial charge in [-0.25, -0.2) is 0 Å². The molecule has 4 rings (SSSR count). The molecule has 1 saturated heterocycles. The van der Waals surface area contributed by atoms with Gasteiger partial charge < -0.3 is 9.72 Å². The van der Waals surface area contributed by atoms with Crippen LogP contribution in [0.5, 0.6) is 0 Å². The Kier molecular flexibility index (Phi) is 3.68. The summed E-state index contributed by atoms with van der Waals surface area (Å²) >= 11 is 1.20. The van der Waals surface area contributed by atoms with Gasteiger partial charge in [0.05, 0.1) is 24.1 Å². The van der Waals surface area contributed by atoms with Crippen LogP contribution in [0.3, 0.4) is 0 Å². The average Bonchev–Trinajstić information content (AvgIpc) is 2.91. The van der Waals surface area contributed by atoms with Crippen LogP contribution in [0.4, 0.5) is 0 Å². The molecule has 23 heavy (non-hydrogen) atoms. The van der Waals surface area contributed by atoms with Crippen molar-refractivity contribution in [2.75, 3.05) is 13.2 Å². The second-order valence-electron chi connectivity index (χ2n) is 5.64. The van der Waals surface area contributed by atoms with Gasteiger partial charge in [0.25, 0.3) is 5.56 Å². The molecule has 0 aliphatic carbocycles. The van der Waals surface area contributed by atoms with E-state index in [1.807, 2.05) is 35.0 Å². The fraction of sp³-hybridized carbons (Fsp3) is 0.250. The monoisotopic (exact) mass is 328 g/mol. The Labute approximate surface area is 136 Å². The maximum atomic E-state index is 12.3. The normalized spacial score (nSPS) is 15.0. The average molecular weight is 328 g/mol. The maximum Gasteiger partial charge on any atom is 0.259 e. The summed E-state index contributed by atoms with van der Waals surface area (Å²) in [7, 11) is 0. The van der Waals surface area contributed by atoms with Crippen LogP contribution in [0.15, 0.2) is 46.2 Å². The molecule has 0 atom stereocenters. The molecule has 0 unspecified atom stereocenters. The lowest BCUT2D eigenvalue weighted by Crippen LogP contribution is -2.31. The fourth-order valence-corrected chi connectivity index (χ4v) is 3.10. The van der Waals surface area contributed by atoms with Crippen molar-refractivity contribution in [3.8, 4) is 11.3 Å². The minimum Gasteiger partial charge on any atom is -0.381 e. The first-order valence-corrected chi connectivity index (χ1v) is 8.27. The molecule has 6 nitrogen and oxygen atoms in total. The highest BCUT2D eigenvalue weighted by atomic mass is 32.2. The standard InChI is InChI=1S/C16H16N4O2S/c17-23-12-3-1-11(2-4-12)15-14-13(5-6-18-16(14)21)20(19-15)7-10-8-22-9-10/h1-6,10H,7-9,17H2,(H,18,21). The molecule has 1 aromatic carbocycles. The third kappa shape index (κ3) is 2.56. The zero-order valence-corrected chi connectivity index (χ0v) is 13.2. The van der Waals surface area contributed by atoms with Crippen molar-refractivity contribution in [3.63, 3.8) is 0 Å². The van der Waals surface area contributed by atoms with E-state index >= 15 is 0 Å². The number of nitrogens with one attached hydrogen (secondary N) is 1. The molecule has 3 aromatic rings. The van der Waals surface area contributed by atoms with Crippen LogP contribution in [-0.2, 0) is 11.3 Å². The summed E-state index contributed by atoms with van der Waals surface area (Å²) in [6.07, 6.45) is 1.66. The Morgan fingerprint density at radius 1 is 1.30 bits per heavy atom. The topological polar surface area (TPSA) is 85.9 Å². The van der Waals surface area contributed by atoms with Crippen LogP contribution in [-0.4, -0.2) is 28.0 Å². The number of ether oxygens (including phenoxy) is 1. The number of aromatic nitrogens is 3. The number of rotatable bonds is 4. The van der Waals surface area contributed by atoms with Gasteiger partial charge in [-0.15, -0.1) is 0 Å². The predicted octanol–water partition coefficient (Wildman–Crippen LogP) is 2.00. The van der Waals surface area contributed by atoms with Crippen molar-refractivity contribution in [2.24, 2.45) is 11.1 Å². The summed E-state index contributed by atoms with van der Waals surface area (Å²) in [5, 5.41) is 10.9. The molecule has 3 heterocycles. The summed E-state index contributed by atoms with van der Waals surface area (Å²) in [5.41, 5.74) is 2.35. The van der Waals surface area contributed by atoms with Crippen LogP contribution in [0.2, 0.25) is 0 Å². The van der Waals surface area contributed by atoms with Crippen LogP contribution < -0.4 is 10.7 Å². The third-order valence-corrected chi connectivity index (χ3v) is 4.62. The zero-order chi connectivity index (χ0) is 15.8. The second kappa shape index (κ2) is 5.84. The third-order valence-electron chi connectivity index (χ3n) is 4.08. The smallest absolute Gasteiger partial charge is 0.259 e. The van der Waals surface area contributed by atoms with E-state index in [1.54, 1.807) is 6.20 Å². The first-order chi connectivity index (χ1) is 11.3. The van der Waals surface area contributed by atoms with Crippen LogP contribution >= 0.6 is 11.9 Å². The molecule has 0 amide bonds. The summed E-state index contributed by atoms with van der Waals surface area (Å²) in [4.78, 5) is 16.0. The number of aromatic amines is 1. The lowest BCUT2D eigenvalue weighted by molar-refractivity contribution is -0.0402. The van der Waals surface area contributed by atoms with Gasteiger partial charge in [0, 0.05) is 29.1 Å². The van der Waals surface area contributed by atoms with Gasteiger partial charge in [0.1, 0.15) is 5.69 Å². The molecule has 0 saturated carbocycles. The lowest BCUT2D eigenvalue weighted by Gasteiger charge is -2.25. The van der Waals surface area contributed by atoms with Crippen molar-refractivity contribution >= 4 is 22.9 Å². The molecule has 1 aliphatic rings. The van der Waals surface area contributed by atoms with Gasteiger partial charge in [-0.1, -0.05) is 12.1 Å². The summed E-state index contributed by atoms with van der Waals surface area (Å²) in [5.74, 6) is 0.459. The maximum absolute atomic E-state index is 12.3. The van der Waals surface area contributed by atoms with Crippen LogP contribution in [0.1, 0.15) is 0 Å². The number of nitrogens with two attached hydrogens (primary N) is 1. The van der Waals surface area contributed by atoms with E-state index in [9.17, 15) is 4.79 Å². The molecule has 1 fully saturated rings. The van der Waals surface area contributed by atoms with Crippen molar-refractivity contribution in [1.82, 2.24) is 14.8 Å². The van der Waals surface area contributed by atoms with Crippen LogP contribution in [0.25, 0.3) is 22.2 Å². The Bertz CT molecular complexity index is 897. The SMILES string of the molecule is NSc1ccc(-c2nn(CC3COC3)c3cc[nH]c(=O)c23)cc1. The molecular weight excluding hydrogens is 312 g/mol. The lowest BCUT2D eigenvalue weighted by atomic mass is 10.1. The van der Waals surface area contributed by atoms with Crippen LogP contribution in [0, 0.1) is 5.92 Å². The summed E-state index contributed by atoms with van der Waals surface area (Å²) in [6.45, 7) is 2.27. The first kappa shape index (κ1) is 14.5. The largest absolute Gasteiger partial charge is 0.381 e. The second-order valence-corrected chi connectivity index (χ2v) is 6.35. The van der Waals surface area contributed by atoms with Gasteiger partial charge in [-0.05, 0) is 30.1 Å². The molecule has 118 valence electrons. The van der Waals surface area contributed by atoms with Gasteiger partial charge in [0.2, 0.25) is 0 Å². The molecule has 2 aromatic heterocycles. The van der Waals surface area contributed by atoms with E-state index in [0.29, 0.717) is 17.0 Å². The molecule has 1 aliphatic heterocycles. The van der Waals surface area contributed by atoms with Gasteiger partial charge in [-0.2, -0.15) is 5.10 Å². The van der Waals surface area contributed by atoms with Crippen molar-refractivity contribution in [1.29, 1.82) is 0 Å². The van der Waals surface area contributed by atoms with E-state index in [4.69, 9.17) is 15.0 Å². The van der Waals surface area contributed by atoms with Gasteiger partial charge in [-0.3, -0.25) is 14.6 Å². The Morgan fingerprint density at radius 3 is 2.74 bits per heavy atom. The van der Waals surface area contributed by atoms with Gasteiger partial charge in [0.15, 0.2) is 0 Å². The number of nitrogens with zero attached hydrogens (tertiary/aromatic N) is 2. The van der Waals surface area contributed by atoms with E-state index < -0.39 is 0 Å². The highest BCUT2D eigenvalue weighted by Gasteiger charge is 2.22. The Morgan fingerprint density at radius 2 is 2.09 bits per heavy atom. The quantitative estimate of drug-likeness (QED) is 0.716. The van der Waals surface area contributed by atoms with Gasteiger partial charge >= 0.3 is 0 Å². The Balaban J connectivity index is 1.85. The minimum atomic E-state index is -0.120. The zero-order valence-electron chi connectivity index (χ0n) is 12.4. The first-order valence-electron chi connectivity index (χ1n) is 7.39. The summed E-state index contributed by atoms with van der Waals surface area (Å²) in [6, 6.07) is 9.65. The fourth-order valence-electron chi connectivity index (χ4n) is 2.80. The molecule has 0 radical (unpaired) electrons. The highest BCUT2D eigenvalue weighted by Crippen LogP contribution is 2.27. The number of benzene rings is 1. The van der Waals surface area contributed by atoms with Crippen molar-refractivity contribution in [3.05, 3.63) is 46.9 Å². The summed E-state index contributed by atoms with van der Waals surface area (Å²) < 4.78 is 7.15. The van der Waals surface area contributed by atoms with Crippen molar-refractivity contribution in [2.45, 2.75) is 11.4 Å². The van der Waals surface area contributed by atoms with E-state index in [2.05, 4.69) is 4.98 Å². The molecule has 7 heteroatoms. The molecule has 3 N–H and O–H groups in total. The van der Waals surface area contributed by atoms with E-state index in [0.717, 1.165) is 35.7 Å². The van der Waals surface area contributed by atoms with Crippen molar-refractivity contribution < 1.29 is 4.74 Å². The Hall–Kier alpha value is -2.09. The molecule has 0 bridgehead atoms. The number of fused-ring (bicyclic) bond motifs is 1. The molecule has 0 spiro atoms. The number of hydrogen-bond donors (Lipinski definition) is 2. The number of hydrogen-bond acceptors (Lipinski definition) is 5. The highest BCUT2D eigenvalue weighted by molar-refractivity contribution is 7.97. The molecular formula is C16H16N4O2S. The number of pyridine rings is 1. The minimum absolute atomic E-state index is 0.120. The predicted molar refractivity (Wildman–Crippen MR) is 90.1 cm³/mol. The number of H-pyrrole nitrogens is 1. The van der Waals surface area contributed by atoms with E-state index in [1.165, 1.54) is 11.9 Å². The van der Waals surface area contributed by atoms with E-state index in [-0.39, 0.29) is 5.56 Å².